The SMILES string of the molecule is CN(C)c1ccc(O)c2c1CC1C(=C2O)C(=O)[C@]2(O)C(O)=C(C(N)=O)C(=O)[C@@H](N(C)C)C2C1O. The maximum atomic E-state index is 13.7. The van der Waals surface area contributed by atoms with Crippen molar-refractivity contribution in [1.82, 2.24) is 4.90 Å². The van der Waals surface area contributed by atoms with Crippen LogP contribution in [0.15, 0.2) is 29.0 Å². The van der Waals surface area contributed by atoms with Gasteiger partial charge in [0.2, 0.25) is 5.78 Å². The number of aromatic hydroxyl groups is 1. The number of Topliss-reactive ketones (excluding diaryl/α,β-unsaturated/α-hetero) is 2. The number of nitrogens with two attached hydrogens (primary N) is 1. The lowest BCUT2D eigenvalue weighted by Gasteiger charge is -2.52. The van der Waals surface area contributed by atoms with Crippen LogP contribution in [-0.4, -0.2) is 93.8 Å². The molecule has 4 rings (SSSR count). The Kier molecular flexibility index (Phi) is 5.27. The fourth-order valence-electron chi connectivity index (χ4n) is 5.66. The highest BCUT2D eigenvalue weighted by molar-refractivity contribution is 6.24. The summed E-state index contributed by atoms with van der Waals surface area (Å²) >= 11 is 0. The number of carbonyl (C=O) groups is 3. The van der Waals surface area contributed by atoms with E-state index in [-0.39, 0.29) is 17.7 Å². The van der Waals surface area contributed by atoms with Gasteiger partial charge in [-0.2, -0.15) is 0 Å². The molecule has 5 atom stereocenters. The van der Waals surface area contributed by atoms with Crippen LogP contribution in [0.25, 0.3) is 5.76 Å². The molecule has 3 aliphatic rings. The van der Waals surface area contributed by atoms with Crippen molar-refractivity contribution in [3.63, 3.8) is 0 Å². The summed E-state index contributed by atoms with van der Waals surface area (Å²) in [4.78, 5) is 41.9. The first-order valence-corrected chi connectivity index (χ1v) is 10.6. The molecule has 7 N–H and O–H groups in total. The van der Waals surface area contributed by atoms with Crippen molar-refractivity contribution in [3.05, 3.63) is 40.2 Å². The Hall–Kier alpha value is -3.41. The zero-order valence-corrected chi connectivity index (χ0v) is 19.1. The summed E-state index contributed by atoms with van der Waals surface area (Å²) in [5, 5.41) is 55.4. The summed E-state index contributed by atoms with van der Waals surface area (Å²) in [5.74, 6) is -8.31. The van der Waals surface area contributed by atoms with Crippen LogP contribution in [0.4, 0.5) is 5.69 Å². The van der Waals surface area contributed by atoms with E-state index in [1.807, 2.05) is 0 Å². The molecule has 0 heterocycles. The summed E-state index contributed by atoms with van der Waals surface area (Å²) in [6, 6.07) is 1.60. The highest BCUT2D eigenvalue weighted by Crippen LogP contribution is 2.53. The van der Waals surface area contributed by atoms with E-state index in [1.54, 1.807) is 25.1 Å². The van der Waals surface area contributed by atoms with Crippen molar-refractivity contribution >= 4 is 28.9 Å². The Morgan fingerprint density at radius 1 is 1.12 bits per heavy atom. The fourth-order valence-corrected chi connectivity index (χ4v) is 5.66. The van der Waals surface area contributed by atoms with Crippen LogP contribution in [-0.2, 0) is 20.8 Å². The average molecular weight is 473 g/mol. The quantitative estimate of drug-likeness (QED) is 0.298. The summed E-state index contributed by atoms with van der Waals surface area (Å²) in [6.07, 6.45) is -1.60. The Labute approximate surface area is 195 Å². The van der Waals surface area contributed by atoms with Crippen LogP contribution in [0.3, 0.4) is 0 Å². The Morgan fingerprint density at radius 3 is 2.26 bits per heavy atom. The highest BCUT2D eigenvalue weighted by Gasteiger charge is 2.67. The molecule has 1 saturated carbocycles. The first-order chi connectivity index (χ1) is 15.8. The number of nitrogens with zero attached hydrogens (tertiary/aromatic N) is 2. The number of likely N-dealkylation sites (N-methyl/N-ethyl adjacent to an activating group) is 1. The number of primary amides is 1. The molecule has 0 spiro atoms. The van der Waals surface area contributed by atoms with Crippen LogP contribution >= 0.6 is 0 Å². The second-order valence-corrected chi connectivity index (χ2v) is 9.40. The molecular formula is C23H27N3O8. The third-order valence-electron chi connectivity index (χ3n) is 7.14. The van der Waals surface area contributed by atoms with Crippen molar-refractivity contribution < 1.29 is 39.9 Å². The largest absolute Gasteiger partial charge is 0.508 e. The number of aliphatic hydroxyl groups excluding tert-OH is 3. The van der Waals surface area contributed by atoms with Gasteiger partial charge in [-0.1, -0.05) is 0 Å². The van der Waals surface area contributed by atoms with E-state index in [9.17, 15) is 39.9 Å². The second-order valence-electron chi connectivity index (χ2n) is 9.40. The number of ketones is 2. The molecule has 0 aromatic heterocycles. The molecule has 11 heteroatoms. The van der Waals surface area contributed by atoms with Crippen molar-refractivity contribution in [2.45, 2.75) is 24.2 Å². The first-order valence-electron chi connectivity index (χ1n) is 10.6. The maximum Gasteiger partial charge on any atom is 0.255 e. The lowest BCUT2D eigenvalue weighted by Crippen LogP contribution is -2.70. The van der Waals surface area contributed by atoms with Gasteiger partial charge in [-0.25, -0.2) is 0 Å². The van der Waals surface area contributed by atoms with Gasteiger partial charge in [0, 0.05) is 31.3 Å². The van der Waals surface area contributed by atoms with Gasteiger partial charge >= 0.3 is 0 Å². The van der Waals surface area contributed by atoms with E-state index in [2.05, 4.69) is 0 Å². The van der Waals surface area contributed by atoms with Crippen LogP contribution < -0.4 is 10.6 Å². The van der Waals surface area contributed by atoms with Gasteiger partial charge in [0.15, 0.2) is 11.4 Å². The number of carbonyl (C=O) groups excluding carboxylic acids is 3. The third-order valence-corrected chi connectivity index (χ3v) is 7.14. The standard InChI is InChI=1S/C23H27N3O8/c1-25(2)10-5-6-11(27)12-8(10)7-9-13(18(12)29)20(31)23(34)15(17(9)28)16(26(3)4)19(30)14(21(23)32)22(24)33/h5-6,9,15-17,27-29,32,34H,7H2,1-4H3,(H2,24,33)/t9?,15?,16-,17?,23-/m0/s1. The Balaban J connectivity index is 2.04. The van der Waals surface area contributed by atoms with Gasteiger partial charge in [0.1, 0.15) is 22.8 Å². The molecule has 0 radical (unpaired) electrons. The number of phenolic OH excluding ortho intramolecular Hbond substituents is 1. The monoisotopic (exact) mass is 473 g/mol. The van der Waals surface area contributed by atoms with Crippen LogP contribution in [0.2, 0.25) is 0 Å². The smallest absolute Gasteiger partial charge is 0.255 e. The topological polar surface area (TPSA) is 185 Å². The molecule has 3 aliphatic carbocycles. The predicted molar refractivity (Wildman–Crippen MR) is 120 cm³/mol. The van der Waals surface area contributed by atoms with Crippen molar-refractivity contribution in [1.29, 1.82) is 0 Å². The summed E-state index contributed by atoms with van der Waals surface area (Å²) in [7, 11) is 6.42. The van der Waals surface area contributed by atoms with E-state index < -0.39 is 69.7 Å². The molecule has 1 fully saturated rings. The van der Waals surface area contributed by atoms with Gasteiger partial charge in [0.05, 0.1) is 23.6 Å². The number of benzene rings is 1. The summed E-state index contributed by atoms with van der Waals surface area (Å²) in [5.41, 5.74) is 2.09. The van der Waals surface area contributed by atoms with Gasteiger partial charge in [-0.3, -0.25) is 19.3 Å². The van der Waals surface area contributed by atoms with E-state index in [1.165, 1.54) is 25.1 Å². The fraction of sp³-hybridized carbons (Fsp3) is 0.435. The Morgan fingerprint density at radius 2 is 1.74 bits per heavy atom. The molecule has 182 valence electrons. The zero-order valence-electron chi connectivity index (χ0n) is 19.1. The number of amides is 1. The predicted octanol–water partition coefficient (Wildman–Crippen LogP) is -0.999. The summed E-state index contributed by atoms with van der Waals surface area (Å²) < 4.78 is 0. The van der Waals surface area contributed by atoms with E-state index in [4.69, 9.17) is 5.73 Å². The van der Waals surface area contributed by atoms with E-state index in [0.29, 0.717) is 11.3 Å². The van der Waals surface area contributed by atoms with Crippen molar-refractivity contribution in [3.8, 4) is 5.75 Å². The number of anilines is 1. The minimum atomic E-state index is -2.90. The number of hydrogen-bond acceptors (Lipinski definition) is 10. The molecule has 0 bridgehead atoms. The van der Waals surface area contributed by atoms with Gasteiger partial charge in [-0.05, 0) is 38.2 Å². The van der Waals surface area contributed by atoms with Crippen molar-refractivity contribution in [2.24, 2.45) is 17.6 Å². The number of rotatable bonds is 3. The van der Waals surface area contributed by atoms with Gasteiger partial charge in [0.25, 0.3) is 5.91 Å². The van der Waals surface area contributed by atoms with Gasteiger partial charge in [-0.15, -0.1) is 0 Å². The molecule has 0 saturated heterocycles. The Bertz CT molecular complexity index is 1200. The lowest BCUT2D eigenvalue weighted by molar-refractivity contribution is -0.168. The third kappa shape index (κ3) is 2.84. The number of phenols is 1. The van der Waals surface area contributed by atoms with Crippen LogP contribution in [0.1, 0.15) is 11.1 Å². The zero-order chi connectivity index (χ0) is 25.4. The molecule has 1 aromatic rings. The molecule has 1 aromatic carbocycles. The minimum Gasteiger partial charge on any atom is -0.508 e. The summed E-state index contributed by atoms with van der Waals surface area (Å²) in [6.45, 7) is 0. The maximum absolute atomic E-state index is 13.7. The lowest BCUT2D eigenvalue weighted by atomic mass is 9.56. The van der Waals surface area contributed by atoms with Crippen LogP contribution in [0.5, 0.6) is 5.75 Å². The minimum absolute atomic E-state index is 0.00236. The number of fused-ring (bicyclic) bond motifs is 3. The highest BCUT2D eigenvalue weighted by atomic mass is 16.4. The normalized spacial score (nSPS) is 30.8. The first kappa shape index (κ1) is 23.7. The second kappa shape index (κ2) is 7.55. The molecule has 3 unspecified atom stereocenters. The number of hydrogen-bond donors (Lipinski definition) is 6. The number of aliphatic hydroxyl groups is 4. The molecule has 1 amide bonds. The molecule has 0 aliphatic heterocycles. The average Bonchev–Trinajstić information content (AvgIpc) is 2.73. The molecule has 11 nitrogen and oxygen atoms in total. The van der Waals surface area contributed by atoms with Gasteiger partial charge < -0.3 is 36.2 Å². The van der Waals surface area contributed by atoms with E-state index >= 15 is 0 Å². The molecular weight excluding hydrogens is 446 g/mol. The van der Waals surface area contributed by atoms with Crippen molar-refractivity contribution in [2.75, 3.05) is 33.1 Å². The molecule has 34 heavy (non-hydrogen) atoms. The van der Waals surface area contributed by atoms with E-state index in [0.717, 1.165) is 0 Å². The van der Waals surface area contributed by atoms with Crippen LogP contribution in [0, 0.1) is 11.8 Å².